The Labute approximate surface area is 41.3 Å². The van der Waals surface area contributed by atoms with Gasteiger partial charge in [-0.15, -0.1) is 0 Å². The van der Waals surface area contributed by atoms with Gasteiger partial charge in [-0.1, -0.05) is 0 Å². The molecule has 2 N–H and O–H groups in total. The molecule has 0 radical (unpaired) electrons. The third-order valence-corrected chi connectivity index (χ3v) is 1.39. The first-order valence-electron chi connectivity index (χ1n) is 1.61. The van der Waals surface area contributed by atoms with Crippen LogP contribution in [0.25, 0.3) is 0 Å². The minimum atomic E-state index is -3.60. The van der Waals surface area contributed by atoms with Gasteiger partial charge in [0.1, 0.15) is 6.35 Å². The Kier molecular flexibility index (Phi) is 2.46. The van der Waals surface area contributed by atoms with Gasteiger partial charge in [0.05, 0.1) is 0 Å². The zero-order chi connectivity index (χ0) is 5.91. The fourth-order valence-corrected chi connectivity index (χ4v) is 0.173. The molecule has 0 heterocycles. The first-order chi connectivity index (χ1) is 3.12. The van der Waals surface area contributed by atoms with Gasteiger partial charge < -0.3 is 14.5 Å². The third kappa shape index (κ3) is 2.76. The first kappa shape index (κ1) is 7.11. The summed E-state index contributed by atoms with van der Waals surface area (Å²) in [5.74, 6) is 0. The molecule has 0 aromatic heterocycles. The van der Waals surface area contributed by atoms with Crippen LogP contribution >= 0.6 is 7.60 Å². The van der Waals surface area contributed by atoms with E-state index in [4.69, 9.17) is 10.00 Å². The molecule has 0 amide bonds. The summed E-state index contributed by atoms with van der Waals surface area (Å²) in [4.78, 5) is 8.22. The molecule has 44 valence electrons. The average Bonchev–Trinajstić information content (AvgIpc) is 1.68. The van der Waals surface area contributed by atoms with Gasteiger partial charge in [-0.25, -0.2) is 0 Å². The molecule has 0 aliphatic heterocycles. The number of aliphatic hydroxyl groups excluding tert-OH is 1. The van der Waals surface area contributed by atoms with Crippen molar-refractivity contribution in [1.82, 2.24) is 0 Å². The molecule has 0 aliphatic rings. The third-order valence-electron chi connectivity index (χ3n) is 0.464. The van der Waals surface area contributed by atoms with E-state index in [2.05, 4.69) is 4.52 Å². The molecule has 0 bridgehead atoms. The van der Waals surface area contributed by atoms with Crippen molar-refractivity contribution >= 4 is 7.60 Å². The number of hydrogen-bond acceptors (Lipinski definition) is 3. The van der Waals surface area contributed by atoms with Gasteiger partial charge in [0, 0.05) is 7.11 Å². The minimum absolute atomic E-state index is 0.816. The van der Waals surface area contributed by atoms with Crippen LogP contribution in [0.4, 0.5) is 0 Å². The Morgan fingerprint density at radius 1 is 1.86 bits per heavy atom. The molecule has 0 fully saturated rings. The van der Waals surface area contributed by atoms with Crippen LogP contribution < -0.4 is 0 Å². The van der Waals surface area contributed by atoms with Crippen LogP contribution in [0, 0.1) is 0 Å². The van der Waals surface area contributed by atoms with E-state index in [1.165, 1.54) is 0 Å². The molecule has 0 rings (SSSR count). The summed E-state index contributed by atoms with van der Waals surface area (Å²) >= 11 is 0. The van der Waals surface area contributed by atoms with Crippen molar-refractivity contribution in [2.24, 2.45) is 0 Å². The molecule has 4 nitrogen and oxygen atoms in total. The van der Waals surface area contributed by atoms with Crippen LogP contribution in [0.1, 0.15) is 0 Å². The molecular formula is C2H7O4P. The van der Waals surface area contributed by atoms with Gasteiger partial charge in [-0.2, -0.15) is 0 Å². The molecule has 1 unspecified atom stereocenters. The maximum Gasteiger partial charge on any atom is 0.352 e. The second-order valence-electron chi connectivity index (χ2n) is 0.961. The fourth-order valence-electron chi connectivity index (χ4n) is 0.0577. The van der Waals surface area contributed by atoms with Gasteiger partial charge >= 0.3 is 7.60 Å². The summed E-state index contributed by atoms with van der Waals surface area (Å²) in [6.45, 7) is 0. The number of aliphatic hydroxyl groups is 1. The van der Waals surface area contributed by atoms with E-state index >= 15 is 0 Å². The van der Waals surface area contributed by atoms with Gasteiger partial charge in [0.15, 0.2) is 0 Å². The second kappa shape index (κ2) is 2.43. The predicted octanol–water partition coefficient (Wildman–Crippen LogP) is -0.232. The lowest BCUT2D eigenvalue weighted by Crippen LogP contribution is -1.87. The Morgan fingerprint density at radius 3 is 2.29 bits per heavy atom. The van der Waals surface area contributed by atoms with E-state index in [1.807, 2.05) is 0 Å². The van der Waals surface area contributed by atoms with Crippen molar-refractivity contribution in [3.8, 4) is 0 Å². The molecular weight excluding hydrogens is 119 g/mol. The zero-order valence-electron chi connectivity index (χ0n) is 3.87. The largest absolute Gasteiger partial charge is 0.384 e. The summed E-state index contributed by atoms with van der Waals surface area (Å²) < 4.78 is 14.0. The van der Waals surface area contributed by atoms with E-state index in [1.54, 1.807) is 0 Å². The maximum absolute atomic E-state index is 10.0. The fraction of sp³-hybridized carbons (Fsp3) is 1.00. The number of hydrogen-bond donors (Lipinski definition) is 2. The van der Waals surface area contributed by atoms with E-state index in [-0.39, 0.29) is 0 Å². The summed E-state index contributed by atoms with van der Waals surface area (Å²) in [7, 11) is -2.53. The van der Waals surface area contributed by atoms with E-state index in [0.717, 1.165) is 7.11 Å². The molecule has 5 heteroatoms. The molecule has 1 atom stereocenters. The second-order valence-corrected chi connectivity index (χ2v) is 2.88. The maximum atomic E-state index is 10.0. The Bertz CT molecular complexity index is 81.7. The Morgan fingerprint density at radius 2 is 2.29 bits per heavy atom. The van der Waals surface area contributed by atoms with E-state index in [0.29, 0.717) is 0 Å². The van der Waals surface area contributed by atoms with Crippen molar-refractivity contribution < 1.29 is 19.1 Å². The number of rotatable bonds is 2. The van der Waals surface area contributed by atoms with Crippen LogP contribution in [-0.2, 0) is 9.09 Å². The van der Waals surface area contributed by atoms with Crippen LogP contribution in [0.5, 0.6) is 0 Å². The summed E-state index contributed by atoms with van der Waals surface area (Å²) in [5.41, 5.74) is 0. The Balaban J connectivity index is 3.61. The highest BCUT2D eigenvalue weighted by Gasteiger charge is 2.12. The predicted molar refractivity (Wildman–Crippen MR) is 23.9 cm³/mol. The molecule has 0 saturated carbocycles. The van der Waals surface area contributed by atoms with Crippen LogP contribution in [-0.4, -0.2) is 23.5 Å². The monoisotopic (exact) mass is 126 g/mol. The molecule has 0 spiro atoms. The smallest absolute Gasteiger partial charge is 0.352 e. The lowest BCUT2D eigenvalue weighted by Gasteiger charge is -2.01. The molecule has 0 aromatic carbocycles. The normalized spacial score (nSPS) is 18.7. The first-order valence-corrected chi connectivity index (χ1v) is 3.37. The summed E-state index contributed by atoms with van der Waals surface area (Å²) in [6, 6.07) is 0. The lowest BCUT2D eigenvalue weighted by atomic mass is 11.7. The minimum Gasteiger partial charge on any atom is -0.384 e. The molecule has 0 aromatic rings. The van der Waals surface area contributed by atoms with Crippen LogP contribution in [0.3, 0.4) is 0 Å². The van der Waals surface area contributed by atoms with Gasteiger partial charge in [-0.3, -0.25) is 4.57 Å². The van der Waals surface area contributed by atoms with E-state index < -0.39 is 13.9 Å². The van der Waals surface area contributed by atoms with Crippen LogP contribution in [0.15, 0.2) is 0 Å². The highest BCUT2D eigenvalue weighted by Crippen LogP contribution is 2.38. The van der Waals surface area contributed by atoms with Crippen molar-refractivity contribution in [3.05, 3.63) is 0 Å². The van der Waals surface area contributed by atoms with Crippen LogP contribution in [0.2, 0.25) is 0 Å². The average molecular weight is 126 g/mol. The van der Waals surface area contributed by atoms with Crippen molar-refractivity contribution in [2.45, 2.75) is 0 Å². The lowest BCUT2D eigenvalue weighted by molar-refractivity contribution is 0.259. The van der Waals surface area contributed by atoms with Crippen molar-refractivity contribution in [1.29, 1.82) is 0 Å². The van der Waals surface area contributed by atoms with Gasteiger partial charge in [0.2, 0.25) is 0 Å². The molecule has 7 heavy (non-hydrogen) atoms. The van der Waals surface area contributed by atoms with Crippen molar-refractivity contribution in [2.75, 3.05) is 13.5 Å². The van der Waals surface area contributed by atoms with Crippen molar-refractivity contribution in [3.63, 3.8) is 0 Å². The standard InChI is InChI=1S/C2H7O4P/c1-6-7(4,5)2-3/h3H,2H2,1H3,(H,4,5). The molecule has 0 aliphatic carbocycles. The van der Waals surface area contributed by atoms with Gasteiger partial charge in [0.25, 0.3) is 0 Å². The van der Waals surface area contributed by atoms with Gasteiger partial charge in [-0.05, 0) is 0 Å². The molecule has 0 saturated heterocycles. The zero-order valence-corrected chi connectivity index (χ0v) is 4.76. The highest BCUT2D eigenvalue weighted by atomic mass is 31.2. The quantitative estimate of drug-likeness (QED) is 0.501. The Hall–Kier alpha value is 0.110. The highest BCUT2D eigenvalue weighted by molar-refractivity contribution is 7.52. The summed E-state index contributed by atoms with van der Waals surface area (Å²) in [6.07, 6.45) is -0.816. The topological polar surface area (TPSA) is 66.8 Å². The SMILES string of the molecule is COP(=O)(O)CO. The summed E-state index contributed by atoms with van der Waals surface area (Å²) in [5, 5.41) is 7.96. The van der Waals surface area contributed by atoms with E-state index in [9.17, 15) is 4.57 Å².